The third-order valence-electron chi connectivity index (χ3n) is 5.26. The zero-order chi connectivity index (χ0) is 22.7. The van der Waals surface area contributed by atoms with E-state index in [0.29, 0.717) is 24.5 Å². The van der Waals surface area contributed by atoms with Crippen LogP contribution >= 0.6 is 0 Å². The number of rotatable bonds is 7. The Labute approximate surface area is 186 Å². The van der Waals surface area contributed by atoms with Gasteiger partial charge >= 0.3 is 5.97 Å². The molecule has 0 saturated heterocycles. The van der Waals surface area contributed by atoms with Crippen molar-refractivity contribution in [1.29, 1.82) is 0 Å². The Morgan fingerprint density at radius 2 is 1.69 bits per heavy atom. The van der Waals surface area contributed by atoms with Crippen molar-refractivity contribution in [3.63, 3.8) is 0 Å². The van der Waals surface area contributed by atoms with Crippen molar-refractivity contribution in [1.82, 2.24) is 4.57 Å². The molecule has 0 spiro atoms. The summed E-state index contributed by atoms with van der Waals surface area (Å²) in [4.78, 5) is 13.2. The number of carbonyl (C=O) groups is 1. The van der Waals surface area contributed by atoms with Gasteiger partial charge in [-0.2, -0.15) is 0 Å². The Morgan fingerprint density at radius 3 is 2.34 bits per heavy atom. The molecule has 164 valence electrons. The van der Waals surface area contributed by atoms with Gasteiger partial charge in [0.05, 0.1) is 13.2 Å². The molecule has 6 heteroatoms. The van der Waals surface area contributed by atoms with Crippen LogP contribution < -0.4 is 10.5 Å². The van der Waals surface area contributed by atoms with Crippen molar-refractivity contribution in [2.24, 2.45) is 0 Å². The minimum atomic E-state index is -0.423. The fraction of sp³-hybridized carbons (Fsp3) is 0.192. The molecule has 0 fully saturated rings. The number of halogens is 1. The molecule has 0 aliphatic heterocycles. The number of nitrogens with two attached hydrogens (primary N) is 1. The van der Waals surface area contributed by atoms with Crippen LogP contribution in [-0.4, -0.2) is 23.8 Å². The Balaban J connectivity index is 1.96. The van der Waals surface area contributed by atoms with E-state index in [0.717, 1.165) is 33.3 Å². The van der Waals surface area contributed by atoms with E-state index < -0.39 is 5.97 Å². The molecule has 0 saturated carbocycles. The maximum absolute atomic E-state index is 13.4. The van der Waals surface area contributed by atoms with Crippen molar-refractivity contribution in [3.05, 3.63) is 83.8 Å². The lowest BCUT2D eigenvalue weighted by Gasteiger charge is -2.12. The molecule has 3 aromatic carbocycles. The minimum Gasteiger partial charge on any atom is -0.494 e. The highest BCUT2D eigenvalue weighted by Crippen LogP contribution is 2.38. The van der Waals surface area contributed by atoms with Gasteiger partial charge in [-0.05, 0) is 67.4 Å². The van der Waals surface area contributed by atoms with Gasteiger partial charge in [-0.25, -0.2) is 9.18 Å². The molecule has 4 rings (SSSR count). The maximum atomic E-state index is 13.4. The fourth-order valence-corrected chi connectivity index (χ4v) is 3.90. The van der Waals surface area contributed by atoms with Crippen molar-refractivity contribution in [2.45, 2.75) is 20.4 Å². The largest absolute Gasteiger partial charge is 0.494 e. The van der Waals surface area contributed by atoms with Crippen LogP contribution in [0.2, 0.25) is 0 Å². The number of hydrogen-bond donors (Lipinski definition) is 1. The first-order valence-electron chi connectivity index (χ1n) is 10.6. The zero-order valence-corrected chi connectivity index (χ0v) is 18.1. The maximum Gasteiger partial charge on any atom is 0.355 e. The van der Waals surface area contributed by atoms with Crippen LogP contribution in [0.15, 0.2) is 66.7 Å². The third kappa shape index (κ3) is 4.17. The smallest absolute Gasteiger partial charge is 0.355 e. The summed E-state index contributed by atoms with van der Waals surface area (Å²) < 4.78 is 26.3. The fourth-order valence-electron chi connectivity index (χ4n) is 3.90. The summed E-state index contributed by atoms with van der Waals surface area (Å²) in [7, 11) is 0. The number of anilines is 1. The topological polar surface area (TPSA) is 66.5 Å². The number of esters is 1. The van der Waals surface area contributed by atoms with Crippen LogP contribution in [0.1, 0.15) is 29.9 Å². The van der Waals surface area contributed by atoms with Crippen LogP contribution in [-0.2, 0) is 11.3 Å². The van der Waals surface area contributed by atoms with E-state index in [9.17, 15) is 9.18 Å². The average molecular weight is 432 g/mol. The molecule has 1 heterocycles. The lowest BCUT2D eigenvalue weighted by atomic mass is 10.0. The molecule has 0 aliphatic carbocycles. The Kier molecular flexibility index (Phi) is 6.12. The van der Waals surface area contributed by atoms with Crippen LogP contribution in [0, 0.1) is 5.82 Å². The molecule has 1 aromatic heterocycles. The number of benzene rings is 3. The van der Waals surface area contributed by atoms with Crippen LogP contribution in [0.25, 0.3) is 22.0 Å². The first-order valence-corrected chi connectivity index (χ1v) is 10.6. The van der Waals surface area contributed by atoms with Gasteiger partial charge < -0.3 is 19.8 Å². The Hall–Kier alpha value is -3.80. The first kappa shape index (κ1) is 21.4. The molecule has 2 N–H and O–H groups in total. The molecule has 0 radical (unpaired) electrons. The monoisotopic (exact) mass is 432 g/mol. The molecule has 0 atom stereocenters. The van der Waals surface area contributed by atoms with Crippen LogP contribution in [0.5, 0.6) is 5.75 Å². The predicted molar refractivity (Wildman–Crippen MR) is 124 cm³/mol. The molecule has 4 aromatic rings. The van der Waals surface area contributed by atoms with Crippen molar-refractivity contribution in [3.8, 4) is 16.9 Å². The highest BCUT2D eigenvalue weighted by atomic mass is 19.1. The highest BCUT2D eigenvalue weighted by Gasteiger charge is 2.25. The lowest BCUT2D eigenvalue weighted by molar-refractivity contribution is 0.0516. The summed E-state index contributed by atoms with van der Waals surface area (Å²) >= 11 is 0. The van der Waals surface area contributed by atoms with E-state index in [4.69, 9.17) is 15.2 Å². The van der Waals surface area contributed by atoms with Crippen LogP contribution in [0.3, 0.4) is 0 Å². The van der Waals surface area contributed by atoms with E-state index in [2.05, 4.69) is 0 Å². The predicted octanol–water partition coefficient (Wildman–Crippen LogP) is 5.65. The Morgan fingerprint density at radius 1 is 0.969 bits per heavy atom. The summed E-state index contributed by atoms with van der Waals surface area (Å²) in [5.41, 5.74) is 10.4. The van der Waals surface area contributed by atoms with Gasteiger partial charge in [0.15, 0.2) is 0 Å². The summed E-state index contributed by atoms with van der Waals surface area (Å²) in [5, 5.41) is 0.847. The van der Waals surface area contributed by atoms with E-state index in [-0.39, 0.29) is 12.4 Å². The van der Waals surface area contributed by atoms with Gasteiger partial charge in [-0.15, -0.1) is 0 Å². The average Bonchev–Trinajstić information content (AvgIpc) is 3.09. The van der Waals surface area contributed by atoms with Gasteiger partial charge in [0.25, 0.3) is 0 Å². The van der Waals surface area contributed by atoms with Crippen LogP contribution in [0.4, 0.5) is 10.1 Å². The van der Waals surface area contributed by atoms with E-state index in [1.165, 1.54) is 12.1 Å². The van der Waals surface area contributed by atoms with Gasteiger partial charge in [0.2, 0.25) is 0 Å². The molecule has 32 heavy (non-hydrogen) atoms. The molecular weight excluding hydrogens is 407 g/mol. The summed E-state index contributed by atoms with van der Waals surface area (Å²) in [5.74, 6) is 0.0244. The van der Waals surface area contributed by atoms with E-state index in [1.807, 2.05) is 47.9 Å². The van der Waals surface area contributed by atoms with Gasteiger partial charge in [0, 0.05) is 28.7 Å². The number of aromatic nitrogens is 1. The SMILES string of the molecule is CCOC(=O)c1c(-c2ccc(OCC)cc2)c2cc(N)ccc2n1Cc1ccc(F)cc1. The molecular formula is C26H25FN2O3. The highest BCUT2D eigenvalue weighted by molar-refractivity contribution is 6.09. The second-order valence-electron chi connectivity index (χ2n) is 7.39. The van der Waals surface area contributed by atoms with Gasteiger partial charge in [-0.3, -0.25) is 0 Å². The van der Waals surface area contributed by atoms with Gasteiger partial charge in [-0.1, -0.05) is 24.3 Å². The molecule has 0 amide bonds. The van der Waals surface area contributed by atoms with Crippen molar-refractivity contribution < 1.29 is 18.7 Å². The second-order valence-corrected chi connectivity index (χ2v) is 7.39. The van der Waals surface area contributed by atoms with Crippen molar-refractivity contribution in [2.75, 3.05) is 18.9 Å². The molecule has 5 nitrogen and oxygen atoms in total. The number of hydrogen-bond acceptors (Lipinski definition) is 4. The summed E-state index contributed by atoms with van der Waals surface area (Å²) in [6.07, 6.45) is 0. The summed E-state index contributed by atoms with van der Waals surface area (Å²) in [6, 6.07) is 19.4. The summed E-state index contributed by atoms with van der Waals surface area (Å²) in [6.45, 7) is 4.91. The van der Waals surface area contributed by atoms with Gasteiger partial charge in [0.1, 0.15) is 17.3 Å². The normalized spacial score (nSPS) is 11.0. The lowest BCUT2D eigenvalue weighted by Crippen LogP contribution is -2.14. The number of nitrogens with zero attached hydrogens (tertiary/aromatic N) is 1. The van der Waals surface area contributed by atoms with E-state index in [1.54, 1.807) is 25.1 Å². The quantitative estimate of drug-likeness (QED) is 0.303. The molecule has 0 aliphatic rings. The Bertz CT molecular complexity index is 1250. The third-order valence-corrected chi connectivity index (χ3v) is 5.26. The second kappa shape index (κ2) is 9.14. The number of ether oxygens (including phenoxy) is 2. The number of fused-ring (bicyclic) bond motifs is 1. The number of carbonyl (C=O) groups excluding carboxylic acids is 1. The molecule has 0 unspecified atom stereocenters. The number of nitrogen functional groups attached to an aromatic ring is 1. The standard InChI is InChI=1S/C26H25FN2O3/c1-3-31-21-12-7-18(8-13-21)24-22-15-20(28)11-14-23(22)29(25(24)26(30)32-4-2)16-17-5-9-19(27)10-6-17/h5-15H,3-4,16,28H2,1-2H3. The van der Waals surface area contributed by atoms with E-state index >= 15 is 0 Å². The zero-order valence-electron chi connectivity index (χ0n) is 18.1. The first-order chi connectivity index (χ1) is 15.5. The molecule has 0 bridgehead atoms. The van der Waals surface area contributed by atoms with Crippen molar-refractivity contribution >= 4 is 22.6 Å². The minimum absolute atomic E-state index is 0.252.